The molecule has 1 rings (SSSR count). The van der Waals surface area contributed by atoms with E-state index in [1.165, 1.54) is 22.3 Å². The van der Waals surface area contributed by atoms with Crippen molar-refractivity contribution < 1.29 is 4.74 Å². The number of nitrogens with two attached hydrogens (primary N) is 1. The van der Waals surface area contributed by atoms with Crippen LogP contribution < -0.4 is 5.73 Å². The Bertz CT molecular complexity index is 364. The molecule has 0 bridgehead atoms. The molecule has 2 heteroatoms. The average Bonchev–Trinajstić information content (AvgIpc) is 2.30. The Morgan fingerprint density at radius 1 is 1.11 bits per heavy atom. The van der Waals surface area contributed by atoms with E-state index in [4.69, 9.17) is 10.5 Å². The Hall–Kier alpha value is -0.860. The van der Waals surface area contributed by atoms with E-state index in [0.29, 0.717) is 0 Å². The number of rotatable bonds is 6. The average molecular weight is 249 g/mol. The molecule has 2 atom stereocenters. The summed E-state index contributed by atoms with van der Waals surface area (Å²) in [5.41, 5.74) is 11.7. The molecule has 18 heavy (non-hydrogen) atoms. The normalized spacial score (nSPS) is 14.6. The van der Waals surface area contributed by atoms with Gasteiger partial charge in [0.1, 0.15) is 0 Å². The van der Waals surface area contributed by atoms with Crippen molar-refractivity contribution in [1.82, 2.24) is 0 Å². The van der Waals surface area contributed by atoms with Crippen LogP contribution in [0.2, 0.25) is 0 Å². The maximum Gasteiger partial charge on any atom is 0.0726 e. The second-order valence-electron chi connectivity index (χ2n) is 5.15. The summed E-state index contributed by atoms with van der Waals surface area (Å²) in [5.74, 6) is 0. The second kappa shape index (κ2) is 6.91. The van der Waals surface area contributed by atoms with Gasteiger partial charge in [0.25, 0.3) is 0 Å². The van der Waals surface area contributed by atoms with E-state index in [0.717, 1.165) is 19.4 Å². The number of hydrogen-bond donors (Lipinski definition) is 1. The maximum atomic E-state index is 6.30. The molecule has 0 radical (unpaired) electrons. The topological polar surface area (TPSA) is 35.2 Å². The zero-order chi connectivity index (χ0) is 13.7. The lowest BCUT2D eigenvalue weighted by Crippen LogP contribution is -2.38. The monoisotopic (exact) mass is 249 g/mol. The molecular formula is C16H27NO. The van der Waals surface area contributed by atoms with Gasteiger partial charge in [-0.1, -0.05) is 24.6 Å². The van der Waals surface area contributed by atoms with Gasteiger partial charge >= 0.3 is 0 Å². The first-order chi connectivity index (χ1) is 8.49. The standard InChI is InChI=1S/C16H27NO/c1-6-16(18-7-2)15(17)10-14-12(4)8-11(3)9-13(14)5/h8-9,15-16H,6-7,10,17H2,1-5H3. The summed E-state index contributed by atoms with van der Waals surface area (Å²) >= 11 is 0. The van der Waals surface area contributed by atoms with Crippen molar-refractivity contribution >= 4 is 0 Å². The Balaban J connectivity index is 2.84. The zero-order valence-corrected chi connectivity index (χ0v) is 12.4. The number of ether oxygens (including phenoxy) is 1. The first-order valence-corrected chi connectivity index (χ1v) is 6.93. The van der Waals surface area contributed by atoms with Crippen molar-refractivity contribution in [2.45, 2.75) is 59.6 Å². The molecule has 2 N–H and O–H groups in total. The first kappa shape index (κ1) is 15.2. The highest BCUT2D eigenvalue weighted by Crippen LogP contribution is 2.19. The van der Waals surface area contributed by atoms with Crippen LogP contribution in [0.1, 0.15) is 42.5 Å². The van der Waals surface area contributed by atoms with Gasteiger partial charge in [0.05, 0.1) is 6.10 Å². The third-order valence-corrected chi connectivity index (χ3v) is 3.54. The summed E-state index contributed by atoms with van der Waals surface area (Å²) in [6, 6.07) is 4.54. The summed E-state index contributed by atoms with van der Waals surface area (Å²) < 4.78 is 5.70. The Labute approximate surface area is 112 Å². The van der Waals surface area contributed by atoms with Crippen LogP contribution in [0.3, 0.4) is 0 Å². The van der Waals surface area contributed by atoms with Crippen LogP contribution >= 0.6 is 0 Å². The van der Waals surface area contributed by atoms with Crippen molar-refractivity contribution in [2.24, 2.45) is 5.73 Å². The third-order valence-electron chi connectivity index (χ3n) is 3.54. The predicted molar refractivity (Wildman–Crippen MR) is 78.0 cm³/mol. The van der Waals surface area contributed by atoms with E-state index in [9.17, 15) is 0 Å². The zero-order valence-electron chi connectivity index (χ0n) is 12.4. The van der Waals surface area contributed by atoms with E-state index in [-0.39, 0.29) is 12.1 Å². The lowest BCUT2D eigenvalue weighted by atomic mass is 9.92. The molecule has 0 saturated carbocycles. The molecule has 0 spiro atoms. The van der Waals surface area contributed by atoms with Crippen LogP contribution in [0.4, 0.5) is 0 Å². The highest BCUT2D eigenvalue weighted by atomic mass is 16.5. The van der Waals surface area contributed by atoms with Crippen LogP contribution in [0, 0.1) is 20.8 Å². The molecule has 102 valence electrons. The summed E-state index contributed by atoms with van der Waals surface area (Å²) in [6.45, 7) is 11.4. The Kier molecular flexibility index (Phi) is 5.83. The van der Waals surface area contributed by atoms with Gasteiger partial charge in [-0.15, -0.1) is 0 Å². The SMILES string of the molecule is CCOC(CC)C(N)Cc1c(C)cc(C)cc1C. The molecule has 0 amide bonds. The lowest BCUT2D eigenvalue weighted by Gasteiger charge is -2.24. The fourth-order valence-corrected chi connectivity index (χ4v) is 2.66. The van der Waals surface area contributed by atoms with Crippen LogP contribution in [-0.4, -0.2) is 18.8 Å². The number of benzene rings is 1. The highest BCUT2D eigenvalue weighted by molar-refractivity contribution is 5.38. The van der Waals surface area contributed by atoms with E-state index in [1.54, 1.807) is 0 Å². The molecule has 0 saturated heterocycles. The molecule has 0 aromatic heterocycles. The summed E-state index contributed by atoms with van der Waals surface area (Å²) in [6.07, 6.45) is 2.03. The first-order valence-electron chi connectivity index (χ1n) is 6.93. The number of aryl methyl sites for hydroxylation is 3. The van der Waals surface area contributed by atoms with Crippen molar-refractivity contribution in [1.29, 1.82) is 0 Å². The van der Waals surface area contributed by atoms with Crippen LogP contribution in [-0.2, 0) is 11.2 Å². The maximum absolute atomic E-state index is 6.30. The molecule has 2 unspecified atom stereocenters. The lowest BCUT2D eigenvalue weighted by molar-refractivity contribution is 0.0417. The van der Waals surface area contributed by atoms with E-state index < -0.39 is 0 Å². The largest absolute Gasteiger partial charge is 0.377 e. The molecule has 0 aliphatic carbocycles. The minimum Gasteiger partial charge on any atom is -0.377 e. The van der Waals surface area contributed by atoms with Gasteiger partial charge in [0, 0.05) is 12.6 Å². The van der Waals surface area contributed by atoms with Crippen molar-refractivity contribution in [3.63, 3.8) is 0 Å². The second-order valence-corrected chi connectivity index (χ2v) is 5.15. The third kappa shape index (κ3) is 3.82. The van der Waals surface area contributed by atoms with Crippen LogP contribution in [0.25, 0.3) is 0 Å². The molecule has 0 fully saturated rings. The van der Waals surface area contributed by atoms with E-state index in [2.05, 4.69) is 39.8 Å². The van der Waals surface area contributed by atoms with Crippen molar-refractivity contribution in [3.8, 4) is 0 Å². The van der Waals surface area contributed by atoms with Crippen LogP contribution in [0.5, 0.6) is 0 Å². The van der Waals surface area contributed by atoms with Crippen LogP contribution in [0.15, 0.2) is 12.1 Å². The summed E-state index contributed by atoms with van der Waals surface area (Å²) in [4.78, 5) is 0. The number of hydrogen-bond acceptors (Lipinski definition) is 2. The minimum absolute atomic E-state index is 0.0788. The van der Waals surface area contributed by atoms with Gasteiger partial charge < -0.3 is 10.5 Å². The Morgan fingerprint density at radius 2 is 1.67 bits per heavy atom. The Morgan fingerprint density at radius 3 is 2.11 bits per heavy atom. The van der Waals surface area contributed by atoms with Gasteiger partial charge in [0.2, 0.25) is 0 Å². The smallest absolute Gasteiger partial charge is 0.0726 e. The van der Waals surface area contributed by atoms with E-state index >= 15 is 0 Å². The molecular weight excluding hydrogens is 222 g/mol. The minimum atomic E-state index is 0.0788. The van der Waals surface area contributed by atoms with Crippen molar-refractivity contribution in [3.05, 3.63) is 34.4 Å². The van der Waals surface area contributed by atoms with Gasteiger partial charge in [-0.25, -0.2) is 0 Å². The molecule has 2 nitrogen and oxygen atoms in total. The summed E-state index contributed by atoms with van der Waals surface area (Å²) in [7, 11) is 0. The van der Waals surface area contributed by atoms with Gasteiger partial charge in [-0.3, -0.25) is 0 Å². The van der Waals surface area contributed by atoms with E-state index in [1.807, 2.05) is 6.92 Å². The molecule has 1 aromatic rings. The van der Waals surface area contributed by atoms with Gasteiger partial charge in [0.15, 0.2) is 0 Å². The molecule has 1 aromatic carbocycles. The van der Waals surface area contributed by atoms with Crippen molar-refractivity contribution in [2.75, 3.05) is 6.61 Å². The fourth-order valence-electron chi connectivity index (χ4n) is 2.66. The predicted octanol–water partition coefficient (Wildman–Crippen LogP) is 3.30. The molecule has 0 heterocycles. The summed E-state index contributed by atoms with van der Waals surface area (Å²) in [5, 5.41) is 0. The molecule has 0 aliphatic heterocycles. The highest BCUT2D eigenvalue weighted by Gasteiger charge is 2.18. The van der Waals surface area contributed by atoms with Gasteiger partial charge in [-0.05, 0) is 57.2 Å². The fraction of sp³-hybridized carbons (Fsp3) is 0.625. The molecule has 0 aliphatic rings. The quantitative estimate of drug-likeness (QED) is 0.839. The van der Waals surface area contributed by atoms with Gasteiger partial charge in [-0.2, -0.15) is 0 Å².